The highest BCUT2D eigenvalue weighted by molar-refractivity contribution is 8.27. The highest BCUT2D eigenvalue weighted by atomic mass is 35.5. The van der Waals surface area contributed by atoms with Crippen molar-refractivity contribution in [3.05, 3.63) is 68.8 Å². The molecule has 1 aliphatic rings. The lowest BCUT2D eigenvalue weighted by Crippen LogP contribution is -2.28. The first-order chi connectivity index (χ1) is 11.4. The van der Waals surface area contributed by atoms with E-state index in [1.54, 1.807) is 6.07 Å². The molecule has 0 aromatic heterocycles. The minimum absolute atomic E-state index is 0.195. The van der Waals surface area contributed by atoms with Crippen molar-refractivity contribution in [2.75, 3.05) is 4.90 Å². The largest absolute Gasteiger partial charge is 0.270 e. The van der Waals surface area contributed by atoms with Crippen LogP contribution in [0.25, 0.3) is 6.08 Å². The molecule has 0 unspecified atom stereocenters. The number of anilines is 1. The summed E-state index contributed by atoms with van der Waals surface area (Å²) in [6, 6.07) is 10.3. The van der Waals surface area contributed by atoms with Crippen molar-refractivity contribution in [1.82, 2.24) is 0 Å². The molecule has 2 aromatic rings. The van der Waals surface area contributed by atoms with Gasteiger partial charge in [0.15, 0.2) is 4.32 Å². The van der Waals surface area contributed by atoms with Crippen molar-refractivity contribution < 1.29 is 9.18 Å². The highest BCUT2D eigenvalue weighted by Crippen LogP contribution is 2.38. The molecule has 0 saturated carbocycles. The van der Waals surface area contributed by atoms with Crippen LogP contribution in [0.3, 0.4) is 0 Å². The topological polar surface area (TPSA) is 20.3 Å². The molecule has 3 rings (SSSR count). The Balaban J connectivity index is 2.04. The lowest BCUT2D eigenvalue weighted by atomic mass is 10.1. The van der Waals surface area contributed by atoms with Crippen LogP contribution in [0, 0.1) is 19.7 Å². The summed E-state index contributed by atoms with van der Waals surface area (Å²) < 4.78 is 14.4. The van der Waals surface area contributed by atoms with E-state index in [-0.39, 0.29) is 16.5 Å². The molecule has 1 saturated heterocycles. The van der Waals surface area contributed by atoms with Gasteiger partial charge in [-0.15, -0.1) is 0 Å². The van der Waals surface area contributed by atoms with E-state index in [1.165, 1.54) is 23.1 Å². The van der Waals surface area contributed by atoms with Crippen LogP contribution in [0.4, 0.5) is 10.1 Å². The number of thioether (sulfide) groups is 1. The van der Waals surface area contributed by atoms with E-state index in [0.717, 1.165) is 28.6 Å². The molecule has 0 bridgehead atoms. The minimum atomic E-state index is -0.473. The Labute approximate surface area is 154 Å². The van der Waals surface area contributed by atoms with Crippen LogP contribution >= 0.6 is 35.6 Å². The second-order valence-corrected chi connectivity index (χ2v) is 7.53. The summed E-state index contributed by atoms with van der Waals surface area (Å²) >= 11 is 12.5. The van der Waals surface area contributed by atoms with E-state index in [0.29, 0.717) is 9.23 Å². The third-order valence-corrected chi connectivity index (χ3v) is 5.31. The molecule has 0 radical (unpaired) electrons. The number of carbonyl (C=O) groups is 1. The van der Waals surface area contributed by atoms with Crippen LogP contribution in [0.15, 0.2) is 41.3 Å². The molecule has 0 atom stereocenters. The summed E-state index contributed by atoms with van der Waals surface area (Å²) in [5.41, 5.74) is 2.93. The summed E-state index contributed by atoms with van der Waals surface area (Å²) in [7, 11) is 0. The number of hydrogen-bond acceptors (Lipinski definition) is 3. The number of nitrogens with zero attached hydrogens (tertiary/aromatic N) is 1. The van der Waals surface area contributed by atoms with Crippen LogP contribution in [-0.4, -0.2) is 10.2 Å². The maximum atomic E-state index is 14.0. The van der Waals surface area contributed by atoms with Crippen LogP contribution < -0.4 is 4.90 Å². The Kier molecular flexibility index (Phi) is 4.76. The molecular weight excluding hydrogens is 365 g/mol. The second-order valence-electron chi connectivity index (χ2n) is 5.44. The van der Waals surface area contributed by atoms with Crippen molar-refractivity contribution in [2.45, 2.75) is 13.8 Å². The first-order valence-electron chi connectivity index (χ1n) is 7.17. The van der Waals surface area contributed by atoms with Gasteiger partial charge in [0, 0.05) is 5.56 Å². The van der Waals surface area contributed by atoms with Gasteiger partial charge in [-0.1, -0.05) is 53.8 Å². The Morgan fingerprint density at radius 2 is 2.00 bits per heavy atom. The number of carbonyl (C=O) groups excluding carboxylic acids is 1. The summed E-state index contributed by atoms with van der Waals surface area (Å²) in [6.45, 7) is 3.88. The number of hydrogen-bond donors (Lipinski definition) is 0. The Hall–Kier alpha value is -1.69. The molecule has 1 heterocycles. The van der Waals surface area contributed by atoms with Gasteiger partial charge >= 0.3 is 0 Å². The van der Waals surface area contributed by atoms with Crippen molar-refractivity contribution in [3.8, 4) is 0 Å². The standard InChI is InChI=1S/C18H13ClFNOS2/c1-10-6-7-11(2)15(8-10)21-17(22)16(24-18(21)23)9-12-13(19)4-3-5-14(12)20/h3-9H,1-2H3/b16-9-. The van der Waals surface area contributed by atoms with Crippen LogP contribution in [0.5, 0.6) is 0 Å². The normalized spacial score (nSPS) is 16.3. The summed E-state index contributed by atoms with van der Waals surface area (Å²) in [5, 5.41) is 0.256. The fourth-order valence-corrected chi connectivity index (χ4v) is 3.90. The van der Waals surface area contributed by atoms with Gasteiger partial charge in [-0.25, -0.2) is 4.39 Å². The predicted molar refractivity (Wildman–Crippen MR) is 103 cm³/mol. The van der Waals surface area contributed by atoms with Crippen molar-refractivity contribution >= 4 is 57.6 Å². The fraction of sp³-hybridized carbons (Fsp3) is 0.111. The van der Waals surface area contributed by atoms with Crippen LogP contribution in [0.1, 0.15) is 16.7 Å². The van der Waals surface area contributed by atoms with Gasteiger partial charge in [-0.2, -0.15) is 0 Å². The molecule has 6 heteroatoms. The Morgan fingerprint density at radius 3 is 2.71 bits per heavy atom. The number of rotatable bonds is 2. The molecule has 24 heavy (non-hydrogen) atoms. The Morgan fingerprint density at radius 1 is 1.25 bits per heavy atom. The lowest BCUT2D eigenvalue weighted by Gasteiger charge is -2.17. The van der Waals surface area contributed by atoms with E-state index < -0.39 is 5.82 Å². The quantitative estimate of drug-likeness (QED) is 0.509. The van der Waals surface area contributed by atoms with Crippen molar-refractivity contribution in [1.29, 1.82) is 0 Å². The smallest absolute Gasteiger partial charge is 0.268 e. The molecule has 2 nitrogen and oxygen atoms in total. The van der Waals surface area contributed by atoms with E-state index >= 15 is 0 Å². The van der Waals surface area contributed by atoms with Gasteiger partial charge in [0.05, 0.1) is 15.6 Å². The average molecular weight is 378 g/mol. The van der Waals surface area contributed by atoms with Gasteiger partial charge in [-0.3, -0.25) is 9.69 Å². The van der Waals surface area contributed by atoms with Gasteiger partial charge in [0.2, 0.25) is 0 Å². The SMILES string of the molecule is Cc1ccc(C)c(N2C(=O)/C(=C/c3c(F)cccc3Cl)SC2=S)c1. The molecular formula is C18H13ClFNOS2. The molecule has 0 N–H and O–H groups in total. The second kappa shape index (κ2) is 6.67. The first kappa shape index (κ1) is 17.1. The zero-order chi connectivity index (χ0) is 17.4. The summed E-state index contributed by atoms with van der Waals surface area (Å²) in [4.78, 5) is 14.6. The third kappa shape index (κ3) is 3.11. The number of amides is 1. The van der Waals surface area contributed by atoms with Gasteiger partial charge in [0.1, 0.15) is 5.82 Å². The zero-order valence-electron chi connectivity index (χ0n) is 13.0. The number of benzene rings is 2. The van der Waals surface area contributed by atoms with Gasteiger partial charge in [0.25, 0.3) is 5.91 Å². The molecule has 1 aliphatic heterocycles. The van der Waals surface area contributed by atoms with Crippen LogP contribution in [0.2, 0.25) is 5.02 Å². The van der Waals surface area contributed by atoms with E-state index in [9.17, 15) is 9.18 Å². The van der Waals surface area contributed by atoms with Crippen molar-refractivity contribution in [3.63, 3.8) is 0 Å². The monoisotopic (exact) mass is 377 g/mol. The van der Waals surface area contributed by atoms with E-state index in [1.807, 2.05) is 32.0 Å². The van der Waals surface area contributed by atoms with Gasteiger partial charge < -0.3 is 0 Å². The van der Waals surface area contributed by atoms with E-state index in [2.05, 4.69) is 0 Å². The maximum absolute atomic E-state index is 14.0. The lowest BCUT2D eigenvalue weighted by molar-refractivity contribution is -0.113. The number of thiocarbonyl (C=S) groups is 1. The zero-order valence-corrected chi connectivity index (χ0v) is 15.4. The molecule has 0 spiro atoms. The maximum Gasteiger partial charge on any atom is 0.270 e. The predicted octanol–water partition coefficient (Wildman–Crippen LogP) is 5.50. The number of halogens is 2. The molecule has 0 aliphatic carbocycles. The third-order valence-electron chi connectivity index (χ3n) is 3.67. The number of aryl methyl sites for hydroxylation is 2. The minimum Gasteiger partial charge on any atom is -0.268 e. The highest BCUT2D eigenvalue weighted by Gasteiger charge is 2.34. The van der Waals surface area contributed by atoms with E-state index in [4.69, 9.17) is 23.8 Å². The van der Waals surface area contributed by atoms with Gasteiger partial charge in [-0.05, 0) is 49.2 Å². The molecule has 2 aromatic carbocycles. The summed E-state index contributed by atoms with van der Waals surface area (Å²) in [6.07, 6.45) is 1.46. The Bertz CT molecular complexity index is 874. The molecule has 122 valence electrons. The molecule has 1 fully saturated rings. The van der Waals surface area contributed by atoms with Crippen molar-refractivity contribution in [2.24, 2.45) is 0 Å². The summed E-state index contributed by atoms with van der Waals surface area (Å²) in [5.74, 6) is -0.738. The first-order valence-corrected chi connectivity index (χ1v) is 8.78. The average Bonchev–Trinajstić information content (AvgIpc) is 2.80. The molecule has 1 amide bonds. The van der Waals surface area contributed by atoms with Crippen LogP contribution in [-0.2, 0) is 4.79 Å². The fourth-order valence-electron chi connectivity index (χ4n) is 2.42.